The first-order chi connectivity index (χ1) is 11.2. The molecule has 5 nitrogen and oxygen atoms in total. The maximum absolute atomic E-state index is 5.44. The zero-order chi connectivity index (χ0) is 16.2. The molecular formula is C18H20N4O. The van der Waals surface area contributed by atoms with Crippen molar-refractivity contribution in [3.05, 3.63) is 54.4 Å². The molecule has 3 rings (SSSR count). The van der Waals surface area contributed by atoms with Crippen molar-refractivity contribution < 1.29 is 4.74 Å². The Labute approximate surface area is 136 Å². The van der Waals surface area contributed by atoms with Crippen LogP contribution in [0.2, 0.25) is 0 Å². The summed E-state index contributed by atoms with van der Waals surface area (Å²) in [6.45, 7) is 2.18. The number of aromatic nitrogens is 3. The van der Waals surface area contributed by atoms with Crippen LogP contribution in [0, 0.1) is 0 Å². The summed E-state index contributed by atoms with van der Waals surface area (Å²) in [7, 11) is 3.75. The Bertz CT molecular complexity index is 806. The Morgan fingerprint density at radius 3 is 2.70 bits per heavy atom. The number of hydrogen-bond acceptors (Lipinski definition) is 5. The minimum absolute atomic E-state index is 0.271. The zero-order valence-corrected chi connectivity index (χ0v) is 13.6. The van der Waals surface area contributed by atoms with Crippen LogP contribution in [0.3, 0.4) is 0 Å². The average Bonchev–Trinajstić information content (AvgIpc) is 2.61. The number of ether oxygens (including phenoxy) is 1. The van der Waals surface area contributed by atoms with E-state index in [2.05, 4.69) is 32.8 Å². The van der Waals surface area contributed by atoms with Crippen LogP contribution < -0.4 is 9.64 Å². The zero-order valence-electron chi connectivity index (χ0n) is 13.6. The fourth-order valence-electron chi connectivity index (χ4n) is 2.59. The van der Waals surface area contributed by atoms with Crippen molar-refractivity contribution in [1.82, 2.24) is 15.0 Å². The van der Waals surface area contributed by atoms with Gasteiger partial charge in [0.1, 0.15) is 17.1 Å². The van der Waals surface area contributed by atoms with Gasteiger partial charge >= 0.3 is 0 Å². The lowest BCUT2D eigenvalue weighted by Gasteiger charge is -2.26. The number of anilines is 1. The Hall–Kier alpha value is -2.69. The minimum atomic E-state index is 0.271. The van der Waals surface area contributed by atoms with E-state index >= 15 is 0 Å². The SMILES string of the molecule is COc1ccccc1C[C@H](C)N(C)c1ccc2nccnc2n1. The van der Waals surface area contributed by atoms with Gasteiger partial charge in [-0.1, -0.05) is 18.2 Å². The molecule has 3 aromatic rings. The highest BCUT2D eigenvalue weighted by molar-refractivity contribution is 5.71. The fourth-order valence-corrected chi connectivity index (χ4v) is 2.59. The first-order valence-corrected chi connectivity index (χ1v) is 7.61. The first-order valence-electron chi connectivity index (χ1n) is 7.61. The third kappa shape index (κ3) is 3.23. The summed E-state index contributed by atoms with van der Waals surface area (Å²) in [5, 5.41) is 0. The van der Waals surface area contributed by atoms with Crippen LogP contribution in [-0.4, -0.2) is 35.2 Å². The number of pyridine rings is 1. The van der Waals surface area contributed by atoms with Crippen molar-refractivity contribution in [1.29, 1.82) is 0 Å². The number of hydrogen-bond donors (Lipinski definition) is 0. The van der Waals surface area contributed by atoms with Crippen molar-refractivity contribution >= 4 is 17.0 Å². The van der Waals surface area contributed by atoms with Crippen LogP contribution in [0.1, 0.15) is 12.5 Å². The largest absolute Gasteiger partial charge is 0.496 e. The molecule has 0 saturated carbocycles. The molecule has 0 unspecified atom stereocenters. The molecule has 2 aromatic heterocycles. The molecule has 1 atom stereocenters. The molecule has 5 heteroatoms. The van der Waals surface area contributed by atoms with Gasteiger partial charge in [-0.25, -0.2) is 9.97 Å². The monoisotopic (exact) mass is 308 g/mol. The van der Waals surface area contributed by atoms with Gasteiger partial charge in [-0.2, -0.15) is 0 Å². The second kappa shape index (κ2) is 6.60. The summed E-state index contributed by atoms with van der Waals surface area (Å²) < 4.78 is 5.44. The van der Waals surface area contributed by atoms with Gasteiger partial charge in [-0.15, -0.1) is 0 Å². The number of methoxy groups -OCH3 is 1. The Morgan fingerprint density at radius 2 is 1.87 bits per heavy atom. The highest BCUT2D eigenvalue weighted by atomic mass is 16.5. The van der Waals surface area contributed by atoms with Crippen molar-refractivity contribution in [2.24, 2.45) is 0 Å². The third-order valence-corrected chi connectivity index (χ3v) is 4.05. The molecule has 0 N–H and O–H groups in total. The first kappa shape index (κ1) is 15.2. The van der Waals surface area contributed by atoms with Crippen LogP contribution in [-0.2, 0) is 6.42 Å². The molecule has 0 spiro atoms. The van der Waals surface area contributed by atoms with E-state index in [1.165, 1.54) is 5.56 Å². The summed E-state index contributed by atoms with van der Waals surface area (Å²) in [5.74, 6) is 1.81. The molecule has 0 amide bonds. The maximum atomic E-state index is 5.44. The van der Waals surface area contributed by atoms with Crippen LogP contribution in [0.15, 0.2) is 48.8 Å². The van der Waals surface area contributed by atoms with E-state index in [1.807, 2.05) is 37.4 Å². The summed E-state index contributed by atoms with van der Waals surface area (Å²) >= 11 is 0. The summed E-state index contributed by atoms with van der Waals surface area (Å²) in [6, 6.07) is 12.3. The molecule has 0 aliphatic heterocycles. The molecule has 0 aliphatic rings. The van der Waals surface area contributed by atoms with E-state index in [4.69, 9.17) is 4.74 Å². The predicted molar refractivity (Wildman–Crippen MR) is 91.9 cm³/mol. The smallest absolute Gasteiger partial charge is 0.180 e. The maximum Gasteiger partial charge on any atom is 0.180 e. The van der Waals surface area contributed by atoms with E-state index < -0.39 is 0 Å². The molecule has 23 heavy (non-hydrogen) atoms. The Kier molecular flexibility index (Phi) is 4.37. The van der Waals surface area contributed by atoms with Gasteiger partial charge < -0.3 is 9.64 Å². The van der Waals surface area contributed by atoms with E-state index in [-0.39, 0.29) is 6.04 Å². The van der Waals surface area contributed by atoms with Crippen molar-refractivity contribution in [3.63, 3.8) is 0 Å². The van der Waals surface area contributed by atoms with E-state index in [0.717, 1.165) is 23.5 Å². The van der Waals surface area contributed by atoms with Gasteiger partial charge in [0.05, 0.1) is 7.11 Å². The summed E-state index contributed by atoms with van der Waals surface area (Å²) in [5.41, 5.74) is 2.67. The Balaban J connectivity index is 1.81. The topological polar surface area (TPSA) is 51.1 Å². The van der Waals surface area contributed by atoms with Gasteiger partial charge in [-0.05, 0) is 37.1 Å². The number of benzene rings is 1. The van der Waals surface area contributed by atoms with Gasteiger partial charge in [0, 0.05) is 25.5 Å². The number of likely N-dealkylation sites (N-methyl/N-ethyl adjacent to an activating group) is 1. The number of fused-ring (bicyclic) bond motifs is 1. The fraction of sp³-hybridized carbons (Fsp3) is 0.278. The number of nitrogens with zero attached hydrogens (tertiary/aromatic N) is 4. The van der Waals surface area contributed by atoms with E-state index in [9.17, 15) is 0 Å². The Morgan fingerprint density at radius 1 is 1.09 bits per heavy atom. The van der Waals surface area contributed by atoms with Gasteiger partial charge in [-0.3, -0.25) is 4.98 Å². The molecular weight excluding hydrogens is 288 g/mol. The van der Waals surface area contributed by atoms with Gasteiger partial charge in [0.2, 0.25) is 0 Å². The normalized spacial score (nSPS) is 12.1. The molecule has 0 fully saturated rings. The molecule has 118 valence electrons. The molecule has 0 bridgehead atoms. The second-order valence-electron chi connectivity index (χ2n) is 5.54. The van der Waals surface area contributed by atoms with Crippen molar-refractivity contribution in [3.8, 4) is 5.75 Å². The summed E-state index contributed by atoms with van der Waals surface area (Å²) in [6.07, 6.45) is 4.22. The molecule has 1 aromatic carbocycles. The van der Waals surface area contributed by atoms with Crippen molar-refractivity contribution in [2.45, 2.75) is 19.4 Å². The molecule has 2 heterocycles. The minimum Gasteiger partial charge on any atom is -0.496 e. The van der Waals surface area contributed by atoms with E-state index in [0.29, 0.717) is 5.65 Å². The third-order valence-electron chi connectivity index (χ3n) is 4.05. The van der Waals surface area contributed by atoms with E-state index in [1.54, 1.807) is 19.5 Å². The van der Waals surface area contributed by atoms with Crippen LogP contribution >= 0.6 is 0 Å². The van der Waals surface area contributed by atoms with Crippen LogP contribution in [0.4, 0.5) is 5.82 Å². The van der Waals surface area contributed by atoms with Gasteiger partial charge in [0.15, 0.2) is 5.65 Å². The van der Waals surface area contributed by atoms with Crippen molar-refractivity contribution in [2.75, 3.05) is 19.1 Å². The highest BCUT2D eigenvalue weighted by Gasteiger charge is 2.15. The highest BCUT2D eigenvalue weighted by Crippen LogP contribution is 2.22. The number of para-hydroxylation sites is 1. The summed E-state index contributed by atoms with van der Waals surface area (Å²) in [4.78, 5) is 15.3. The second-order valence-corrected chi connectivity index (χ2v) is 5.54. The van der Waals surface area contributed by atoms with Gasteiger partial charge in [0.25, 0.3) is 0 Å². The molecule has 0 aliphatic carbocycles. The lowest BCUT2D eigenvalue weighted by Crippen LogP contribution is -2.31. The lowest BCUT2D eigenvalue weighted by atomic mass is 10.1. The number of rotatable bonds is 5. The molecule has 0 radical (unpaired) electrons. The van der Waals surface area contributed by atoms with Crippen LogP contribution in [0.25, 0.3) is 11.2 Å². The molecule has 0 saturated heterocycles. The average molecular weight is 308 g/mol. The quantitative estimate of drug-likeness (QED) is 0.725. The lowest BCUT2D eigenvalue weighted by molar-refractivity contribution is 0.408. The predicted octanol–water partition coefficient (Wildman–Crippen LogP) is 3.10. The van der Waals surface area contributed by atoms with Crippen LogP contribution in [0.5, 0.6) is 5.75 Å². The standard InChI is InChI=1S/C18H20N4O/c1-13(12-14-6-4-5-7-16(14)23-3)22(2)17-9-8-15-18(21-17)20-11-10-19-15/h4-11,13H,12H2,1-3H3/t13-/m0/s1.